The molecule has 9 nitrogen and oxygen atoms in total. The van der Waals surface area contributed by atoms with Gasteiger partial charge < -0.3 is 24.9 Å². The first-order chi connectivity index (χ1) is 17.7. The van der Waals surface area contributed by atoms with Crippen LogP contribution in [0, 0.1) is 5.92 Å². The largest absolute Gasteiger partial charge is 0.437 e. The van der Waals surface area contributed by atoms with Crippen molar-refractivity contribution in [3.8, 4) is 0 Å². The van der Waals surface area contributed by atoms with Crippen LogP contribution >= 0.6 is 0 Å². The Hall–Kier alpha value is -3.31. The zero-order valence-corrected chi connectivity index (χ0v) is 21.1. The molecule has 0 radical (unpaired) electrons. The van der Waals surface area contributed by atoms with E-state index in [1.165, 1.54) is 6.20 Å². The molecule has 2 aliphatic heterocycles. The van der Waals surface area contributed by atoms with Gasteiger partial charge in [-0.1, -0.05) is 6.92 Å². The number of rotatable bonds is 7. The number of hydrogen-bond acceptors (Lipinski definition) is 7. The summed E-state index contributed by atoms with van der Waals surface area (Å²) in [4.78, 5) is 36.7. The van der Waals surface area contributed by atoms with Crippen molar-refractivity contribution in [2.75, 3.05) is 41.3 Å². The lowest BCUT2D eigenvalue weighted by Gasteiger charge is -2.32. The standard InChI is InChI=1S/C25H33F3N6O3/c1-3-16(2)30-22(35)17-9-13-33(14-10-17)19-8-7-18(15-29-19)31-23(36)20-21(25(26,27)28)32-24(37-20)34-11-5-4-6-12-34/h7-8,15-17H,3-6,9-14H2,1-2H3,(H,30,35)(H,31,36). The minimum atomic E-state index is -4.83. The summed E-state index contributed by atoms with van der Waals surface area (Å²) in [6, 6.07) is 3.23. The van der Waals surface area contributed by atoms with E-state index < -0.39 is 23.5 Å². The Labute approximate surface area is 213 Å². The molecule has 2 aromatic heterocycles. The molecule has 2 fully saturated rings. The van der Waals surface area contributed by atoms with Gasteiger partial charge in [-0.25, -0.2) is 4.98 Å². The van der Waals surface area contributed by atoms with Crippen LogP contribution in [0.15, 0.2) is 22.7 Å². The monoisotopic (exact) mass is 522 g/mol. The average Bonchev–Trinajstić information content (AvgIpc) is 3.36. The molecular weight excluding hydrogens is 489 g/mol. The lowest BCUT2D eigenvalue weighted by Crippen LogP contribution is -2.43. The summed E-state index contributed by atoms with van der Waals surface area (Å²) in [7, 11) is 0. The van der Waals surface area contributed by atoms with Crippen molar-refractivity contribution in [2.24, 2.45) is 5.92 Å². The Morgan fingerprint density at radius 3 is 2.41 bits per heavy atom. The molecule has 4 heterocycles. The topological polar surface area (TPSA) is 104 Å². The van der Waals surface area contributed by atoms with Crippen molar-refractivity contribution in [2.45, 2.75) is 64.6 Å². The van der Waals surface area contributed by atoms with Crippen LogP contribution in [0.4, 0.5) is 30.7 Å². The molecule has 2 aromatic rings. The molecule has 0 aliphatic carbocycles. The number of hydrogen-bond donors (Lipinski definition) is 2. The highest BCUT2D eigenvalue weighted by Crippen LogP contribution is 2.35. The third-order valence-electron chi connectivity index (χ3n) is 6.91. The molecule has 2 N–H and O–H groups in total. The Balaban J connectivity index is 1.38. The van der Waals surface area contributed by atoms with Crippen LogP contribution in [0.2, 0.25) is 0 Å². The number of pyridine rings is 1. The van der Waals surface area contributed by atoms with E-state index in [4.69, 9.17) is 4.42 Å². The third-order valence-corrected chi connectivity index (χ3v) is 6.91. The Bertz CT molecular complexity index is 1070. The molecule has 2 aliphatic rings. The van der Waals surface area contributed by atoms with E-state index in [1.54, 1.807) is 17.0 Å². The number of amides is 2. The van der Waals surface area contributed by atoms with Crippen molar-refractivity contribution in [3.05, 3.63) is 29.8 Å². The lowest BCUT2D eigenvalue weighted by atomic mass is 9.95. The third kappa shape index (κ3) is 6.53. The Morgan fingerprint density at radius 2 is 1.81 bits per heavy atom. The number of carbonyl (C=O) groups is 2. The van der Waals surface area contributed by atoms with Gasteiger partial charge in [0.25, 0.3) is 11.9 Å². The van der Waals surface area contributed by atoms with E-state index in [9.17, 15) is 22.8 Å². The molecule has 1 unspecified atom stereocenters. The Kier molecular flexibility index (Phi) is 8.23. The van der Waals surface area contributed by atoms with Gasteiger partial charge >= 0.3 is 6.18 Å². The van der Waals surface area contributed by atoms with E-state index in [0.717, 1.165) is 25.7 Å². The van der Waals surface area contributed by atoms with Crippen molar-refractivity contribution in [3.63, 3.8) is 0 Å². The van der Waals surface area contributed by atoms with Crippen molar-refractivity contribution >= 4 is 29.3 Å². The number of piperidine rings is 2. The van der Waals surface area contributed by atoms with Crippen molar-refractivity contribution < 1.29 is 27.2 Å². The fourth-order valence-corrected chi connectivity index (χ4v) is 4.54. The van der Waals surface area contributed by atoms with E-state index in [2.05, 4.69) is 20.6 Å². The van der Waals surface area contributed by atoms with Crippen molar-refractivity contribution in [1.82, 2.24) is 15.3 Å². The van der Waals surface area contributed by atoms with Gasteiger partial charge in [0.1, 0.15) is 5.82 Å². The fourth-order valence-electron chi connectivity index (χ4n) is 4.54. The van der Waals surface area contributed by atoms with Gasteiger partial charge in [-0.15, -0.1) is 0 Å². The molecule has 0 saturated carbocycles. The molecular formula is C25H33F3N6O3. The number of carbonyl (C=O) groups excluding carboxylic acids is 2. The number of nitrogens with zero attached hydrogens (tertiary/aromatic N) is 4. The number of alkyl halides is 3. The first-order valence-electron chi connectivity index (χ1n) is 12.8. The summed E-state index contributed by atoms with van der Waals surface area (Å²) in [5, 5.41) is 5.47. The maximum Gasteiger partial charge on any atom is 0.437 e. The lowest BCUT2D eigenvalue weighted by molar-refractivity contribution is -0.141. The van der Waals surface area contributed by atoms with Crippen LogP contribution in [0.25, 0.3) is 0 Å². The second-order valence-corrected chi connectivity index (χ2v) is 9.66. The fraction of sp³-hybridized carbons (Fsp3) is 0.600. The normalized spacial score (nSPS) is 18.0. The van der Waals surface area contributed by atoms with E-state index in [0.29, 0.717) is 44.8 Å². The van der Waals surface area contributed by atoms with Gasteiger partial charge in [-0.3, -0.25) is 9.59 Å². The zero-order chi connectivity index (χ0) is 26.6. The quantitative estimate of drug-likeness (QED) is 0.553. The van der Waals surface area contributed by atoms with Crippen LogP contribution in [0.1, 0.15) is 68.6 Å². The SMILES string of the molecule is CCC(C)NC(=O)C1CCN(c2ccc(NC(=O)c3oc(N4CCCCC4)nc3C(F)(F)F)cn2)CC1. The van der Waals surface area contributed by atoms with Gasteiger partial charge in [-0.2, -0.15) is 18.2 Å². The summed E-state index contributed by atoms with van der Waals surface area (Å²) in [5.41, 5.74) is -1.10. The maximum atomic E-state index is 13.6. The number of aromatic nitrogens is 2. The number of anilines is 3. The van der Waals surface area contributed by atoms with Crippen LogP contribution in [-0.2, 0) is 11.0 Å². The van der Waals surface area contributed by atoms with Crippen LogP contribution in [0.5, 0.6) is 0 Å². The molecule has 37 heavy (non-hydrogen) atoms. The molecule has 0 spiro atoms. The smallest absolute Gasteiger partial charge is 0.417 e. The molecule has 2 amide bonds. The average molecular weight is 523 g/mol. The second-order valence-electron chi connectivity index (χ2n) is 9.66. The highest BCUT2D eigenvalue weighted by molar-refractivity contribution is 6.03. The molecule has 0 bridgehead atoms. The highest BCUT2D eigenvalue weighted by Gasteiger charge is 2.42. The predicted octanol–water partition coefficient (Wildman–Crippen LogP) is 4.46. The van der Waals surface area contributed by atoms with Crippen LogP contribution in [0.3, 0.4) is 0 Å². The van der Waals surface area contributed by atoms with Gasteiger partial charge in [0.05, 0.1) is 11.9 Å². The molecule has 0 aromatic carbocycles. The van der Waals surface area contributed by atoms with Crippen molar-refractivity contribution in [1.29, 1.82) is 0 Å². The van der Waals surface area contributed by atoms with Gasteiger partial charge in [0, 0.05) is 38.1 Å². The summed E-state index contributed by atoms with van der Waals surface area (Å²) >= 11 is 0. The summed E-state index contributed by atoms with van der Waals surface area (Å²) in [6.45, 7) is 6.39. The predicted molar refractivity (Wildman–Crippen MR) is 133 cm³/mol. The molecule has 12 heteroatoms. The van der Waals surface area contributed by atoms with E-state index >= 15 is 0 Å². The highest BCUT2D eigenvalue weighted by atomic mass is 19.4. The molecule has 202 valence electrons. The van der Waals surface area contributed by atoms with Gasteiger partial charge in [0.15, 0.2) is 5.69 Å². The Morgan fingerprint density at radius 1 is 1.11 bits per heavy atom. The molecule has 2 saturated heterocycles. The van der Waals surface area contributed by atoms with Crippen LogP contribution in [-0.4, -0.2) is 54.0 Å². The number of nitrogens with one attached hydrogen (secondary N) is 2. The van der Waals surface area contributed by atoms with E-state index in [1.807, 2.05) is 18.7 Å². The molecule has 4 rings (SSSR count). The summed E-state index contributed by atoms with van der Waals surface area (Å²) in [5.74, 6) is -1.19. The summed E-state index contributed by atoms with van der Waals surface area (Å²) in [6.07, 6.45) is 1.49. The summed E-state index contributed by atoms with van der Waals surface area (Å²) < 4.78 is 46.1. The van der Waals surface area contributed by atoms with Gasteiger partial charge in [0.2, 0.25) is 11.7 Å². The molecule has 1 atom stereocenters. The van der Waals surface area contributed by atoms with Gasteiger partial charge in [-0.05, 0) is 57.6 Å². The zero-order valence-electron chi connectivity index (χ0n) is 21.1. The minimum absolute atomic E-state index is 0.0385. The first-order valence-corrected chi connectivity index (χ1v) is 12.8. The minimum Gasteiger partial charge on any atom is -0.417 e. The first kappa shape index (κ1) is 26.7. The number of halogens is 3. The number of oxazole rings is 1. The van der Waals surface area contributed by atoms with E-state index in [-0.39, 0.29) is 29.6 Å². The maximum absolute atomic E-state index is 13.6. The second kappa shape index (κ2) is 11.4. The van der Waals surface area contributed by atoms with Crippen LogP contribution < -0.4 is 20.4 Å².